The molecule has 0 aromatic heterocycles. The van der Waals surface area contributed by atoms with Crippen LogP contribution in [0.1, 0.15) is 33.1 Å². The van der Waals surface area contributed by atoms with Crippen molar-refractivity contribution in [3.8, 4) is 0 Å². The van der Waals surface area contributed by atoms with Crippen molar-refractivity contribution in [1.29, 1.82) is 0 Å². The summed E-state index contributed by atoms with van der Waals surface area (Å²) in [6.07, 6.45) is 3.81. The fourth-order valence-electron chi connectivity index (χ4n) is 1.35. The second kappa shape index (κ2) is 7.21. The van der Waals surface area contributed by atoms with Gasteiger partial charge in [0.2, 0.25) is 0 Å². The molecule has 0 radical (unpaired) electrons. The van der Waals surface area contributed by atoms with Crippen LogP contribution in [0.3, 0.4) is 0 Å². The van der Waals surface area contributed by atoms with E-state index in [1.165, 1.54) is 19.3 Å². The van der Waals surface area contributed by atoms with Gasteiger partial charge in [0, 0.05) is 19.8 Å². The molecule has 0 unspecified atom stereocenters. The van der Waals surface area contributed by atoms with Gasteiger partial charge >= 0.3 is 0 Å². The Labute approximate surface area is 86.7 Å². The van der Waals surface area contributed by atoms with E-state index in [4.69, 9.17) is 14.2 Å². The third-order valence-electron chi connectivity index (χ3n) is 2.33. The molecule has 1 rings (SSSR count). The molecule has 1 saturated carbocycles. The highest BCUT2D eigenvalue weighted by atomic mass is 16.7. The molecule has 0 spiro atoms. The van der Waals surface area contributed by atoms with Gasteiger partial charge in [-0.25, -0.2) is 0 Å². The first kappa shape index (κ1) is 12.0. The minimum Gasteiger partial charge on any atom is -0.376 e. The maximum absolute atomic E-state index is 5.50. The molecule has 0 bridgehead atoms. The van der Waals surface area contributed by atoms with Crippen LogP contribution in [-0.2, 0) is 14.2 Å². The van der Waals surface area contributed by atoms with Gasteiger partial charge in [0.25, 0.3) is 0 Å². The SMILES string of the molecule is CCOC(COCCC1CC1)OCC. The third kappa shape index (κ3) is 5.58. The van der Waals surface area contributed by atoms with Gasteiger partial charge in [-0.15, -0.1) is 0 Å². The highest BCUT2D eigenvalue weighted by Crippen LogP contribution is 2.32. The molecule has 0 atom stereocenters. The number of hydrogen-bond donors (Lipinski definition) is 0. The van der Waals surface area contributed by atoms with Crippen LogP contribution in [0.5, 0.6) is 0 Å². The highest BCUT2D eigenvalue weighted by Gasteiger charge is 2.20. The van der Waals surface area contributed by atoms with E-state index in [0.29, 0.717) is 19.8 Å². The van der Waals surface area contributed by atoms with Crippen LogP contribution in [0, 0.1) is 5.92 Å². The van der Waals surface area contributed by atoms with Gasteiger partial charge in [0.05, 0.1) is 6.61 Å². The number of ether oxygens (including phenoxy) is 3. The van der Waals surface area contributed by atoms with Gasteiger partial charge in [-0.05, 0) is 26.2 Å². The van der Waals surface area contributed by atoms with Gasteiger partial charge < -0.3 is 14.2 Å². The summed E-state index contributed by atoms with van der Waals surface area (Å²) in [6, 6.07) is 0. The zero-order valence-electron chi connectivity index (χ0n) is 9.33. The molecule has 0 heterocycles. The summed E-state index contributed by atoms with van der Waals surface area (Å²) in [5.74, 6) is 0.938. The van der Waals surface area contributed by atoms with E-state index in [-0.39, 0.29) is 6.29 Å². The van der Waals surface area contributed by atoms with Crippen molar-refractivity contribution in [1.82, 2.24) is 0 Å². The summed E-state index contributed by atoms with van der Waals surface area (Å²) in [4.78, 5) is 0. The predicted octanol–water partition coefficient (Wildman–Crippen LogP) is 2.20. The minimum atomic E-state index is -0.177. The normalized spacial score (nSPS) is 16.5. The first-order valence-electron chi connectivity index (χ1n) is 5.67. The molecular formula is C11H22O3. The fourth-order valence-corrected chi connectivity index (χ4v) is 1.35. The van der Waals surface area contributed by atoms with Crippen molar-refractivity contribution in [3.63, 3.8) is 0 Å². The summed E-state index contributed by atoms with van der Waals surface area (Å²) >= 11 is 0. The standard InChI is InChI=1S/C11H22O3/c1-3-13-11(14-4-2)9-12-8-7-10-5-6-10/h10-11H,3-9H2,1-2H3. The Morgan fingerprint density at radius 3 is 2.29 bits per heavy atom. The lowest BCUT2D eigenvalue weighted by atomic mass is 10.3. The van der Waals surface area contributed by atoms with E-state index in [2.05, 4.69) is 0 Å². The largest absolute Gasteiger partial charge is 0.376 e. The van der Waals surface area contributed by atoms with E-state index < -0.39 is 0 Å². The lowest BCUT2D eigenvalue weighted by Gasteiger charge is -2.16. The number of hydrogen-bond acceptors (Lipinski definition) is 3. The molecule has 0 saturated heterocycles. The molecule has 3 heteroatoms. The molecule has 84 valence electrons. The van der Waals surface area contributed by atoms with Crippen molar-refractivity contribution >= 4 is 0 Å². The van der Waals surface area contributed by atoms with Gasteiger partial charge in [0.15, 0.2) is 6.29 Å². The van der Waals surface area contributed by atoms with Gasteiger partial charge in [0.1, 0.15) is 0 Å². The molecule has 14 heavy (non-hydrogen) atoms. The Kier molecular flexibility index (Phi) is 6.15. The Hall–Kier alpha value is -0.120. The molecular weight excluding hydrogens is 180 g/mol. The van der Waals surface area contributed by atoms with Crippen LogP contribution in [0.2, 0.25) is 0 Å². The Bertz CT molecular complexity index is 128. The predicted molar refractivity (Wildman–Crippen MR) is 55.2 cm³/mol. The van der Waals surface area contributed by atoms with Gasteiger partial charge in [-0.2, -0.15) is 0 Å². The lowest BCUT2D eigenvalue weighted by Crippen LogP contribution is -2.23. The average Bonchev–Trinajstić information content (AvgIpc) is 2.96. The van der Waals surface area contributed by atoms with Gasteiger partial charge in [-0.1, -0.05) is 12.8 Å². The summed E-state index contributed by atoms with van der Waals surface area (Å²) < 4.78 is 16.2. The quantitative estimate of drug-likeness (QED) is 0.424. The van der Waals surface area contributed by atoms with Crippen molar-refractivity contribution in [2.24, 2.45) is 5.92 Å². The summed E-state index contributed by atoms with van der Waals surface area (Å²) in [7, 11) is 0. The van der Waals surface area contributed by atoms with Crippen LogP contribution in [0.4, 0.5) is 0 Å². The van der Waals surface area contributed by atoms with E-state index in [0.717, 1.165) is 12.5 Å². The molecule has 1 aliphatic rings. The maximum atomic E-state index is 5.50. The van der Waals surface area contributed by atoms with Crippen LogP contribution in [0.15, 0.2) is 0 Å². The lowest BCUT2D eigenvalue weighted by molar-refractivity contribution is -0.167. The maximum Gasteiger partial charge on any atom is 0.180 e. The average molecular weight is 202 g/mol. The monoisotopic (exact) mass is 202 g/mol. The molecule has 0 amide bonds. The summed E-state index contributed by atoms with van der Waals surface area (Å²) in [5, 5.41) is 0. The molecule has 0 aliphatic heterocycles. The highest BCUT2D eigenvalue weighted by molar-refractivity contribution is 4.72. The van der Waals surface area contributed by atoms with Crippen LogP contribution in [-0.4, -0.2) is 32.7 Å². The van der Waals surface area contributed by atoms with Gasteiger partial charge in [-0.3, -0.25) is 0 Å². The Morgan fingerprint density at radius 2 is 1.79 bits per heavy atom. The van der Waals surface area contributed by atoms with Crippen molar-refractivity contribution in [2.75, 3.05) is 26.4 Å². The van der Waals surface area contributed by atoms with E-state index >= 15 is 0 Å². The minimum absolute atomic E-state index is 0.177. The molecule has 1 fully saturated rings. The van der Waals surface area contributed by atoms with Crippen LogP contribution in [0.25, 0.3) is 0 Å². The second-order valence-corrected chi connectivity index (χ2v) is 3.65. The second-order valence-electron chi connectivity index (χ2n) is 3.65. The topological polar surface area (TPSA) is 27.7 Å². The first-order valence-corrected chi connectivity index (χ1v) is 5.67. The number of rotatable bonds is 9. The Morgan fingerprint density at radius 1 is 1.14 bits per heavy atom. The van der Waals surface area contributed by atoms with E-state index in [9.17, 15) is 0 Å². The van der Waals surface area contributed by atoms with E-state index in [1.807, 2.05) is 13.8 Å². The van der Waals surface area contributed by atoms with Crippen molar-refractivity contribution in [2.45, 2.75) is 39.4 Å². The smallest absolute Gasteiger partial charge is 0.180 e. The van der Waals surface area contributed by atoms with Crippen LogP contribution >= 0.6 is 0 Å². The fraction of sp³-hybridized carbons (Fsp3) is 1.00. The first-order chi connectivity index (χ1) is 6.86. The molecule has 0 aromatic carbocycles. The molecule has 3 nitrogen and oxygen atoms in total. The molecule has 0 aromatic rings. The van der Waals surface area contributed by atoms with Crippen molar-refractivity contribution in [3.05, 3.63) is 0 Å². The van der Waals surface area contributed by atoms with Crippen LogP contribution < -0.4 is 0 Å². The zero-order valence-corrected chi connectivity index (χ0v) is 9.33. The van der Waals surface area contributed by atoms with E-state index in [1.54, 1.807) is 0 Å². The van der Waals surface area contributed by atoms with Crippen molar-refractivity contribution < 1.29 is 14.2 Å². The molecule has 0 N–H and O–H groups in total. The third-order valence-corrected chi connectivity index (χ3v) is 2.33. The summed E-state index contributed by atoms with van der Waals surface area (Å²) in [5.41, 5.74) is 0. The molecule has 1 aliphatic carbocycles. The zero-order chi connectivity index (χ0) is 10.2. The summed E-state index contributed by atoms with van der Waals surface area (Å²) in [6.45, 7) is 6.70. The Balaban J connectivity index is 1.93.